The van der Waals surface area contributed by atoms with Crippen molar-refractivity contribution in [1.29, 1.82) is 0 Å². The first kappa shape index (κ1) is 19.7. The number of aryl methyl sites for hydroxylation is 2. The molecule has 4 nitrogen and oxygen atoms in total. The molecule has 1 N–H and O–H groups in total. The highest BCUT2D eigenvalue weighted by molar-refractivity contribution is 5.94. The Bertz CT molecular complexity index is 916. The summed E-state index contributed by atoms with van der Waals surface area (Å²) in [6.45, 7) is 5.68. The van der Waals surface area contributed by atoms with Gasteiger partial charge in [0.1, 0.15) is 0 Å². The van der Waals surface area contributed by atoms with Crippen molar-refractivity contribution in [3.8, 4) is 11.3 Å². The molecule has 3 aromatic rings. The number of benzene rings is 2. The number of aromatic nitrogens is 2. The maximum Gasteiger partial charge on any atom is 0.230 e. The van der Waals surface area contributed by atoms with E-state index in [2.05, 4.69) is 39.8 Å². The summed E-state index contributed by atoms with van der Waals surface area (Å²) >= 11 is 0. The summed E-state index contributed by atoms with van der Waals surface area (Å²) < 4.78 is 0. The number of nitrogens with zero attached hydrogens (tertiary/aromatic N) is 2. The van der Waals surface area contributed by atoms with Crippen molar-refractivity contribution in [2.24, 2.45) is 5.41 Å². The second kappa shape index (κ2) is 8.79. The fourth-order valence-corrected chi connectivity index (χ4v) is 2.90. The zero-order chi connectivity index (χ0) is 20.0. The van der Waals surface area contributed by atoms with E-state index in [-0.39, 0.29) is 5.91 Å². The second-order valence-electron chi connectivity index (χ2n) is 8.01. The van der Waals surface area contributed by atoms with Crippen molar-refractivity contribution < 1.29 is 4.79 Å². The van der Waals surface area contributed by atoms with Gasteiger partial charge in [0.25, 0.3) is 0 Å². The highest BCUT2D eigenvalue weighted by Crippen LogP contribution is 2.24. The van der Waals surface area contributed by atoms with E-state index in [1.54, 1.807) is 0 Å². The van der Waals surface area contributed by atoms with Gasteiger partial charge in [0.05, 0.1) is 5.69 Å². The molecule has 0 aliphatic carbocycles. The van der Waals surface area contributed by atoms with Gasteiger partial charge in [-0.3, -0.25) is 4.79 Å². The van der Waals surface area contributed by atoms with E-state index in [4.69, 9.17) is 0 Å². The van der Waals surface area contributed by atoms with Crippen LogP contribution in [0, 0.1) is 5.41 Å². The number of amides is 1. The van der Waals surface area contributed by atoms with Crippen LogP contribution in [0.25, 0.3) is 11.3 Å². The van der Waals surface area contributed by atoms with Crippen LogP contribution in [0.5, 0.6) is 0 Å². The third-order valence-electron chi connectivity index (χ3n) is 4.61. The van der Waals surface area contributed by atoms with Crippen LogP contribution in [-0.4, -0.2) is 16.1 Å². The van der Waals surface area contributed by atoms with Gasteiger partial charge in [-0.05, 0) is 36.5 Å². The number of carbonyl (C=O) groups excluding carboxylic acids is 1. The van der Waals surface area contributed by atoms with Gasteiger partial charge in [-0.1, -0.05) is 81.4 Å². The van der Waals surface area contributed by atoms with Crippen LogP contribution < -0.4 is 5.32 Å². The zero-order valence-corrected chi connectivity index (χ0v) is 16.8. The first-order valence-electron chi connectivity index (χ1n) is 9.71. The molecule has 28 heavy (non-hydrogen) atoms. The fourth-order valence-electron chi connectivity index (χ4n) is 2.90. The van der Waals surface area contributed by atoms with Crippen molar-refractivity contribution in [2.75, 3.05) is 5.32 Å². The topological polar surface area (TPSA) is 54.9 Å². The Labute approximate surface area is 167 Å². The van der Waals surface area contributed by atoms with Gasteiger partial charge < -0.3 is 5.32 Å². The predicted octanol–water partition coefficient (Wildman–Crippen LogP) is 5.30. The quantitative estimate of drug-likeness (QED) is 0.637. The predicted molar refractivity (Wildman–Crippen MR) is 114 cm³/mol. The van der Waals surface area contributed by atoms with E-state index in [1.807, 2.05) is 63.2 Å². The normalized spacial score (nSPS) is 11.2. The van der Waals surface area contributed by atoms with E-state index >= 15 is 0 Å². The molecule has 2 aromatic carbocycles. The molecule has 0 fully saturated rings. The smallest absolute Gasteiger partial charge is 0.230 e. The molecule has 3 rings (SSSR count). The molecule has 0 radical (unpaired) electrons. The van der Waals surface area contributed by atoms with Crippen molar-refractivity contribution in [1.82, 2.24) is 10.2 Å². The van der Waals surface area contributed by atoms with E-state index < -0.39 is 5.41 Å². The van der Waals surface area contributed by atoms with Crippen molar-refractivity contribution >= 4 is 11.7 Å². The van der Waals surface area contributed by atoms with Gasteiger partial charge in [-0.25, -0.2) is 0 Å². The lowest BCUT2D eigenvalue weighted by atomic mass is 9.95. The molecule has 0 aliphatic heterocycles. The maximum atomic E-state index is 12.5. The number of hydrogen-bond acceptors (Lipinski definition) is 3. The summed E-state index contributed by atoms with van der Waals surface area (Å²) in [7, 11) is 0. The number of carbonyl (C=O) groups is 1. The highest BCUT2D eigenvalue weighted by atomic mass is 16.2. The Morgan fingerprint density at radius 3 is 2.18 bits per heavy atom. The molecule has 0 saturated carbocycles. The Morgan fingerprint density at radius 2 is 1.54 bits per heavy atom. The molecule has 1 aromatic heterocycles. The maximum absolute atomic E-state index is 12.5. The van der Waals surface area contributed by atoms with Crippen LogP contribution in [0.2, 0.25) is 0 Å². The SMILES string of the molecule is CC(C)(C)C(=O)Nc1nnc(-c2ccccc2)cc1CCCc1ccccc1. The van der Waals surface area contributed by atoms with E-state index in [9.17, 15) is 4.79 Å². The van der Waals surface area contributed by atoms with Gasteiger partial charge in [0.2, 0.25) is 5.91 Å². The van der Waals surface area contributed by atoms with Crippen LogP contribution >= 0.6 is 0 Å². The Balaban J connectivity index is 1.82. The average Bonchev–Trinajstić information content (AvgIpc) is 2.70. The minimum Gasteiger partial charge on any atom is -0.309 e. The molecule has 0 saturated heterocycles. The van der Waals surface area contributed by atoms with E-state index in [0.29, 0.717) is 5.82 Å². The van der Waals surface area contributed by atoms with Gasteiger partial charge >= 0.3 is 0 Å². The number of nitrogens with one attached hydrogen (secondary N) is 1. The number of rotatable bonds is 6. The third kappa shape index (κ3) is 5.26. The molecule has 0 atom stereocenters. The van der Waals surface area contributed by atoms with E-state index in [0.717, 1.165) is 36.1 Å². The molecule has 1 heterocycles. The molecule has 0 unspecified atom stereocenters. The zero-order valence-electron chi connectivity index (χ0n) is 16.8. The van der Waals surface area contributed by atoms with Gasteiger partial charge in [0.15, 0.2) is 5.82 Å². The van der Waals surface area contributed by atoms with Crippen molar-refractivity contribution in [3.05, 3.63) is 77.9 Å². The van der Waals surface area contributed by atoms with Gasteiger partial charge in [0, 0.05) is 11.0 Å². The largest absolute Gasteiger partial charge is 0.309 e. The average molecular weight is 374 g/mol. The summed E-state index contributed by atoms with van der Waals surface area (Å²) in [6.07, 6.45) is 2.78. The first-order chi connectivity index (χ1) is 13.4. The Kier molecular flexibility index (Phi) is 6.19. The van der Waals surface area contributed by atoms with Crippen LogP contribution in [0.15, 0.2) is 66.7 Å². The lowest BCUT2D eigenvalue weighted by molar-refractivity contribution is -0.123. The van der Waals surface area contributed by atoms with Crippen LogP contribution in [0.1, 0.15) is 38.3 Å². The molecule has 0 bridgehead atoms. The molecule has 1 amide bonds. The summed E-state index contributed by atoms with van der Waals surface area (Å²) in [4.78, 5) is 12.5. The Morgan fingerprint density at radius 1 is 0.893 bits per heavy atom. The first-order valence-corrected chi connectivity index (χ1v) is 9.71. The summed E-state index contributed by atoms with van der Waals surface area (Å²) in [5.41, 5.74) is 3.69. The molecular weight excluding hydrogens is 346 g/mol. The molecule has 144 valence electrons. The summed E-state index contributed by atoms with van der Waals surface area (Å²) in [5, 5.41) is 11.7. The fraction of sp³-hybridized carbons (Fsp3) is 0.292. The van der Waals surface area contributed by atoms with Crippen molar-refractivity contribution in [2.45, 2.75) is 40.0 Å². The minimum absolute atomic E-state index is 0.0569. The molecule has 0 aliphatic rings. The van der Waals surface area contributed by atoms with Gasteiger partial charge in [-0.15, -0.1) is 10.2 Å². The number of hydrogen-bond donors (Lipinski definition) is 1. The molecule has 4 heteroatoms. The number of anilines is 1. The second-order valence-corrected chi connectivity index (χ2v) is 8.01. The summed E-state index contributed by atoms with van der Waals surface area (Å²) in [6, 6.07) is 22.5. The minimum atomic E-state index is -0.485. The summed E-state index contributed by atoms with van der Waals surface area (Å²) in [5.74, 6) is 0.506. The van der Waals surface area contributed by atoms with E-state index in [1.165, 1.54) is 5.56 Å². The lowest BCUT2D eigenvalue weighted by Gasteiger charge is -2.18. The Hall–Kier alpha value is -3.01. The third-order valence-corrected chi connectivity index (χ3v) is 4.61. The van der Waals surface area contributed by atoms with Crippen LogP contribution in [0.4, 0.5) is 5.82 Å². The lowest BCUT2D eigenvalue weighted by Crippen LogP contribution is -2.28. The van der Waals surface area contributed by atoms with Gasteiger partial charge in [-0.2, -0.15) is 0 Å². The van der Waals surface area contributed by atoms with Crippen LogP contribution in [-0.2, 0) is 17.6 Å². The van der Waals surface area contributed by atoms with Crippen molar-refractivity contribution in [3.63, 3.8) is 0 Å². The van der Waals surface area contributed by atoms with Crippen LogP contribution in [0.3, 0.4) is 0 Å². The monoisotopic (exact) mass is 373 g/mol. The molecular formula is C24H27N3O. The standard InChI is InChI=1S/C24H27N3O/c1-24(2,3)23(28)25-22-20(16-10-13-18-11-6-4-7-12-18)17-21(26-27-22)19-14-8-5-9-15-19/h4-9,11-12,14-15,17H,10,13,16H2,1-3H3,(H,25,27,28). The highest BCUT2D eigenvalue weighted by Gasteiger charge is 2.23. The molecule has 0 spiro atoms.